The number of carbonyl (C=O) groups is 1. The fourth-order valence-corrected chi connectivity index (χ4v) is 1.91. The average Bonchev–Trinajstić information content (AvgIpc) is 2.38. The first-order valence-corrected chi connectivity index (χ1v) is 6.27. The largest absolute Gasteiger partial charge is 0.508 e. The second-order valence-electron chi connectivity index (χ2n) is 4.30. The molecule has 2 rings (SSSR count). The van der Waals surface area contributed by atoms with Gasteiger partial charge in [0.1, 0.15) is 5.75 Å². The van der Waals surface area contributed by atoms with E-state index in [1.165, 1.54) is 0 Å². The van der Waals surface area contributed by atoms with Gasteiger partial charge in [-0.05, 0) is 42.3 Å². The van der Waals surface area contributed by atoms with Crippen LogP contribution in [0.25, 0.3) is 0 Å². The Kier molecular flexibility index (Phi) is 4.07. The Labute approximate surface area is 116 Å². The molecule has 2 N–H and O–H groups in total. The molecule has 19 heavy (non-hydrogen) atoms. The minimum absolute atomic E-state index is 0.115. The number of hydrogen-bond donors (Lipinski definition) is 2. The fourth-order valence-electron chi connectivity index (χ4n) is 1.74. The molecule has 0 saturated heterocycles. The molecule has 0 aliphatic carbocycles. The highest BCUT2D eigenvalue weighted by molar-refractivity contribution is 6.31. The molecule has 3 nitrogen and oxygen atoms in total. The van der Waals surface area contributed by atoms with E-state index < -0.39 is 0 Å². The van der Waals surface area contributed by atoms with Gasteiger partial charge in [-0.1, -0.05) is 29.8 Å². The van der Waals surface area contributed by atoms with Gasteiger partial charge in [0.15, 0.2) is 0 Å². The summed E-state index contributed by atoms with van der Waals surface area (Å²) in [4.78, 5) is 11.9. The Hall–Kier alpha value is -2.00. The van der Waals surface area contributed by atoms with E-state index in [2.05, 4.69) is 5.32 Å². The summed E-state index contributed by atoms with van der Waals surface area (Å²) in [7, 11) is 0. The number of halogens is 1. The van der Waals surface area contributed by atoms with Crippen molar-refractivity contribution in [2.45, 2.75) is 13.3 Å². The highest BCUT2D eigenvalue weighted by Crippen LogP contribution is 2.23. The summed E-state index contributed by atoms with van der Waals surface area (Å²) in [6, 6.07) is 12.0. The molecule has 0 aliphatic rings. The van der Waals surface area contributed by atoms with Crippen molar-refractivity contribution in [1.29, 1.82) is 0 Å². The minimum Gasteiger partial charge on any atom is -0.508 e. The van der Waals surface area contributed by atoms with Crippen LogP contribution in [0.15, 0.2) is 42.5 Å². The van der Waals surface area contributed by atoms with Gasteiger partial charge in [-0.15, -0.1) is 0 Å². The average molecular weight is 276 g/mol. The fraction of sp³-hybridized carbons (Fsp3) is 0.133. The van der Waals surface area contributed by atoms with Crippen LogP contribution >= 0.6 is 11.6 Å². The first-order chi connectivity index (χ1) is 9.06. The smallest absolute Gasteiger partial charge is 0.228 e. The molecular formula is C15H14ClNO2. The van der Waals surface area contributed by atoms with Crippen molar-refractivity contribution in [1.82, 2.24) is 0 Å². The lowest BCUT2D eigenvalue weighted by atomic mass is 10.1. The topological polar surface area (TPSA) is 49.3 Å². The molecular weight excluding hydrogens is 262 g/mol. The van der Waals surface area contributed by atoms with E-state index in [0.29, 0.717) is 5.02 Å². The number of benzene rings is 2. The third-order valence-corrected chi connectivity index (χ3v) is 3.25. The first kappa shape index (κ1) is 13.4. The van der Waals surface area contributed by atoms with E-state index in [1.54, 1.807) is 36.4 Å². The van der Waals surface area contributed by atoms with Crippen molar-refractivity contribution < 1.29 is 9.90 Å². The molecule has 0 aromatic heterocycles. The molecule has 0 spiro atoms. The van der Waals surface area contributed by atoms with Crippen molar-refractivity contribution in [3.63, 3.8) is 0 Å². The van der Waals surface area contributed by atoms with Gasteiger partial charge >= 0.3 is 0 Å². The van der Waals surface area contributed by atoms with Gasteiger partial charge in [0.25, 0.3) is 0 Å². The van der Waals surface area contributed by atoms with E-state index in [-0.39, 0.29) is 18.1 Å². The maximum absolute atomic E-state index is 11.9. The zero-order valence-corrected chi connectivity index (χ0v) is 11.2. The van der Waals surface area contributed by atoms with Gasteiger partial charge < -0.3 is 10.4 Å². The van der Waals surface area contributed by atoms with Crippen LogP contribution < -0.4 is 5.32 Å². The third kappa shape index (κ3) is 3.48. The Morgan fingerprint density at radius 3 is 2.58 bits per heavy atom. The molecule has 2 aromatic carbocycles. The highest BCUT2D eigenvalue weighted by atomic mass is 35.5. The van der Waals surface area contributed by atoms with Crippen molar-refractivity contribution in [3.05, 3.63) is 58.6 Å². The standard InChI is InChI=1S/C15H14ClNO2/c1-10-13(16)3-2-4-14(10)17-15(19)9-11-5-7-12(18)8-6-11/h2-8,18H,9H2,1H3,(H,17,19). The molecule has 98 valence electrons. The quantitative estimate of drug-likeness (QED) is 0.900. The molecule has 0 aliphatic heterocycles. The van der Waals surface area contributed by atoms with Crippen LogP contribution in [0.4, 0.5) is 5.69 Å². The van der Waals surface area contributed by atoms with Crippen LogP contribution in [0.1, 0.15) is 11.1 Å². The number of amides is 1. The molecule has 0 heterocycles. The lowest BCUT2D eigenvalue weighted by Gasteiger charge is -2.09. The van der Waals surface area contributed by atoms with Crippen LogP contribution in [0.5, 0.6) is 5.75 Å². The van der Waals surface area contributed by atoms with Crippen molar-refractivity contribution in [3.8, 4) is 5.75 Å². The van der Waals surface area contributed by atoms with Crippen LogP contribution in [-0.4, -0.2) is 11.0 Å². The number of phenolic OH excluding ortho intramolecular Hbond substituents is 1. The van der Waals surface area contributed by atoms with Gasteiger partial charge in [-0.2, -0.15) is 0 Å². The number of carbonyl (C=O) groups excluding carboxylic acids is 1. The molecule has 4 heteroatoms. The van der Waals surface area contributed by atoms with Crippen LogP contribution in [-0.2, 0) is 11.2 Å². The summed E-state index contributed by atoms with van der Waals surface area (Å²) in [5.74, 6) is 0.0749. The SMILES string of the molecule is Cc1c(Cl)cccc1NC(=O)Cc1ccc(O)cc1. The lowest BCUT2D eigenvalue weighted by Crippen LogP contribution is -2.15. The van der Waals surface area contributed by atoms with Gasteiger partial charge in [0, 0.05) is 10.7 Å². The number of nitrogens with one attached hydrogen (secondary N) is 1. The Morgan fingerprint density at radius 2 is 1.89 bits per heavy atom. The second-order valence-corrected chi connectivity index (χ2v) is 4.71. The number of phenols is 1. The van der Waals surface area contributed by atoms with E-state index >= 15 is 0 Å². The van der Waals surface area contributed by atoms with E-state index in [1.807, 2.05) is 13.0 Å². The molecule has 0 fully saturated rings. The predicted octanol–water partition coefficient (Wildman–Crippen LogP) is 3.54. The maximum atomic E-state index is 11.9. The van der Waals surface area contributed by atoms with Gasteiger partial charge in [-0.25, -0.2) is 0 Å². The molecule has 0 saturated carbocycles. The third-order valence-electron chi connectivity index (χ3n) is 2.84. The van der Waals surface area contributed by atoms with Crippen LogP contribution in [0.3, 0.4) is 0 Å². The second kappa shape index (κ2) is 5.76. The number of hydrogen-bond acceptors (Lipinski definition) is 2. The van der Waals surface area contributed by atoms with Gasteiger partial charge in [0.05, 0.1) is 6.42 Å². The maximum Gasteiger partial charge on any atom is 0.228 e. The first-order valence-electron chi connectivity index (χ1n) is 5.89. The van der Waals surface area contributed by atoms with E-state index in [4.69, 9.17) is 11.6 Å². The molecule has 0 atom stereocenters. The Morgan fingerprint density at radius 1 is 1.21 bits per heavy atom. The number of rotatable bonds is 3. The zero-order valence-electron chi connectivity index (χ0n) is 10.5. The molecule has 0 radical (unpaired) electrons. The summed E-state index contributed by atoms with van der Waals surface area (Å²) < 4.78 is 0. The van der Waals surface area contributed by atoms with Gasteiger partial charge in [-0.3, -0.25) is 4.79 Å². The Balaban J connectivity index is 2.05. The number of aromatic hydroxyl groups is 1. The predicted molar refractivity (Wildman–Crippen MR) is 76.6 cm³/mol. The Bertz CT molecular complexity index is 594. The number of anilines is 1. The highest BCUT2D eigenvalue weighted by Gasteiger charge is 2.07. The lowest BCUT2D eigenvalue weighted by molar-refractivity contribution is -0.115. The van der Waals surface area contributed by atoms with Crippen molar-refractivity contribution >= 4 is 23.2 Å². The summed E-state index contributed by atoms with van der Waals surface area (Å²) in [5.41, 5.74) is 2.41. The zero-order chi connectivity index (χ0) is 13.8. The summed E-state index contributed by atoms with van der Waals surface area (Å²) in [6.07, 6.45) is 0.256. The van der Waals surface area contributed by atoms with Crippen molar-refractivity contribution in [2.24, 2.45) is 0 Å². The summed E-state index contributed by atoms with van der Waals surface area (Å²) in [5, 5.41) is 12.6. The van der Waals surface area contributed by atoms with Crippen LogP contribution in [0.2, 0.25) is 5.02 Å². The molecule has 1 amide bonds. The summed E-state index contributed by atoms with van der Waals surface area (Å²) >= 11 is 6.00. The van der Waals surface area contributed by atoms with Crippen LogP contribution in [0, 0.1) is 6.92 Å². The monoisotopic (exact) mass is 275 g/mol. The van der Waals surface area contributed by atoms with Gasteiger partial charge in [0.2, 0.25) is 5.91 Å². The molecule has 2 aromatic rings. The minimum atomic E-state index is -0.115. The van der Waals surface area contributed by atoms with E-state index in [9.17, 15) is 9.90 Å². The van der Waals surface area contributed by atoms with E-state index in [0.717, 1.165) is 16.8 Å². The summed E-state index contributed by atoms with van der Waals surface area (Å²) in [6.45, 7) is 1.86. The van der Waals surface area contributed by atoms with Crippen molar-refractivity contribution in [2.75, 3.05) is 5.32 Å². The normalized spacial score (nSPS) is 10.2. The molecule has 0 bridgehead atoms. The molecule has 0 unspecified atom stereocenters.